The molecular formula is C29H31F7O3. The van der Waals surface area contributed by atoms with Gasteiger partial charge in [-0.05, 0) is 61.8 Å². The van der Waals surface area contributed by atoms with Crippen LogP contribution in [0.2, 0.25) is 0 Å². The lowest BCUT2D eigenvalue weighted by molar-refractivity contribution is -0.247. The van der Waals surface area contributed by atoms with Crippen LogP contribution in [-0.4, -0.2) is 31.8 Å². The zero-order chi connectivity index (χ0) is 28.2. The molecule has 0 N–H and O–H groups in total. The van der Waals surface area contributed by atoms with Gasteiger partial charge in [-0.3, -0.25) is 0 Å². The summed E-state index contributed by atoms with van der Waals surface area (Å²) in [6.07, 6.45) is -2.97. The van der Waals surface area contributed by atoms with E-state index in [-0.39, 0.29) is 41.6 Å². The van der Waals surface area contributed by atoms with Crippen LogP contribution >= 0.6 is 0 Å². The van der Waals surface area contributed by atoms with Crippen molar-refractivity contribution in [1.82, 2.24) is 0 Å². The quantitative estimate of drug-likeness (QED) is 0.184. The number of halogens is 7. The molecule has 0 atom stereocenters. The zero-order valence-electron chi connectivity index (χ0n) is 21.6. The normalized spacial score (nSPS) is 24.3. The lowest BCUT2D eigenvalue weighted by atomic mass is 9.80. The summed E-state index contributed by atoms with van der Waals surface area (Å²) in [5.41, 5.74) is -1.05. The zero-order valence-corrected chi connectivity index (χ0v) is 21.6. The number of alkyl halides is 5. The summed E-state index contributed by atoms with van der Waals surface area (Å²) < 4.78 is 113. The fourth-order valence-electron chi connectivity index (χ4n) is 5.27. The van der Waals surface area contributed by atoms with Crippen molar-refractivity contribution in [2.24, 2.45) is 17.8 Å². The number of unbranched alkanes of at least 4 members (excludes halogenated alkanes) is 2. The maximum Gasteiger partial charge on any atom is 0.458 e. The van der Waals surface area contributed by atoms with Crippen molar-refractivity contribution < 1.29 is 44.9 Å². The number of hydrogen-bond acceptors (Lipinski definition) is 3. The summed E-state index contributed by atoms with van der Waals surface area (Å²) in [6, 6.07) is 3.90. The van der Waals surface area contributed by atoms with Gasteiger partial charge in [0.05, 0.1) is 24.7 Å². The highest BCUT2D eigenvalue weighted by molar-refractivity contribution is 5.86. The Labute approximate surface area is 223 Å². The van der Waals surface area contributed by atoms with E-state index in [1.54, 1.807) is 0 Å². The third-order valence-corrected chi connectivity index (χ3v) is 7.42. The summed E-state index contributed by atoms with van der Waals surface area (Å²) in [7, 11) is 0. The smallest absolute Gasteiger partial charge is 0.432 e. The summed E-state index contributed by atoms with van der Waals surface area (Å²) in [5, 5.41) is -0.404. The molecule has 0 amide bonds. The Bertz CT molecular complexity index is 1190. The minimum atomic E-state index is -4.93. The average Bonchev–Trinajstić information content (AvgIpc) is 2.88. The van der Waals surface area contributed by atoms with Gasteiger partial charge in [-0.2, -0.15) is 22.0 Å². The number of rotatable bonds is 8. The lowest BCUT2D eigenvalue weighted by Gasteiger charge is -2.39. The molecule has 2 aliphatic rings. The van der Waals surface area contributed by atoms with Crippen molar-refractivity contribution in [3.05, 3.63) is 41.5 Å². The Morgan fingerprint density at radius 2 is 1.64 bits per heavy atom. The second kappa shape index (κ2) is 12.3. The predicted octanol–water partition coefficient (Wildman–Crippen LogP) is 8.38. The van der Waals surface area contributed by atoms with Crippen molar-refractivity contribution in [2.45, 2.75) is 76.9 Å². The second-order valence-electron chi connectivity index (χ2n) is 10.4. The molecule has 1 aliphatic heterocycles. The first-order valence-electron chi connectivity index (χ1n) is 13.3. The molecule has 10 heteroatoms. The fraction of sp³-hybridized carbons (Fsp3) is 0.586. The van der Waals surface area contributed by atoms with Crippen LogP contribution in [0.1, 0.15) is 63.9 Å². The minimum absolute atomic E-state index is 0.0231. The third kappa shape index (κ3) is 7.57. The van der Waals surface area contributed by atoms with E-state index < -0.39 is 35.4 Å². The van der Waals surface area contributed by atoms with Crippen LogP contribution < -0.4 is 4.74 Å². The first-order chi connectivity index (χ1) is 18.5. The third-order valence-electron chi connectivity index (χ3n) is 7.42. The molecule has 1 heterocycles. The highest BCUT2D eigenvalue weighted by Gasteiger charge is 2.45. The van der Waals surface area contributed by atoms with Gasteiger partial charge in [-0.25, -0.2) is 8.78 Å². The molecule has 2 aromatic carbocycles. The maximum atomic E-state index is 15.0. The topological polar surface area (TPSA) is 27.7 Å². The van der Waals surface area contributed by atoms with E-state index in [9.17, 15) is 22.0 Å². The highest BCUT2D eigenvalue weighted by atomic mass is 19.4. The van der Waals surface area contributed by atoms with Gasteiger partial charge in [0.15, 0.2) is 6.29 Å². The van der Waals surface area contributed by atoms with E-state index in [0.29, 0.717) is 32.0 Å². The van der Waals surface area contributed by atoms with Crippen LogP contribution in [0.15, 0.2) is 24.3 Å². The van der Waals surface area contributed by atoms with Gasteiger partial charge in [-0.15, -0.1) is 0 Å². The minimum Gasteiger partial charge on any atom is -0.432 e. The van der Waals surface area contributed by atoms with Crippen LogP contribution in [0.5, 0.6) is 5.75 Å². The Kier molecular flexibility index (Phi) is 9.33. The highest BCUT2D eigenvalue weighted by Crippen LogP contribution is 2.42. The maximum absolute atomic E-state index is 15.0. The summed E-state index contributed by atoms with van der Waals surface area (Å²) >= 11 is 0. The van der Waals surface area contributed by atoms with Gasteiger partial charge >= 0.3 is 12.3 Å². The van der Waals surface area contributed by atoms with Crippen molar-refractivity contribution in [3.8, 4) is 17.6 Å². The molecule has 2 aromatic rings. The number of fused-ring (bicyclic) bond motifs is 1. The van der Waals surface area contributed by atoms with E-state index >= 15 is 8.78 Å². The number of ether oxygens (including phenoxy) is 3. The SMILES string of the molecule is CCCCCC1COC(C2CCC(C(F)(F)Oc3ccc4c(F)c(C#CC(F)(F)F)c(F)cc4c3)CC2)OC1. The van der Waals surface area contributed by atoms with Gasteiger partial charge in [0.2, 0.25) is 0 Å². The summed E-state index contributed by atoms with van der Waals surface area (Å²) in [6.45, 7) is 3.39. The number of hydrogen-bond donors (Lipinski definition) is 0. The van der Waals surface area contributed by atoms with Crippen molar-refractivity contribution >= 4 is 10.8 Å². The van der Waals surface area contributed by atoms with Gasteiger partial charge in [0, 0.05) is 23.1 Å². The molecule has 0 bridgehead atoms. The average molecular weight is 561 g/mol. The molecule has 0 radical (unpaired) electrons. The largest absolute Gasteiger partial charge is 0.458 e. The van der Waals surface area contributed by atoms with Gasteiger partial charge in [-0.1, -0.05) is 32.1 Å². The summed E-state index contributed by atoms with van der Waals surface area (Å²) in [5.74, 6) is -1.35. The van der Waals surface area contributed by atoms with Crippen LogP contribution in [0.4, 0.5) is 30.7 Å². The van der Waals surface area contributed by atoms with Gasteiger partial charge < -0.3 is 14.2 Å². The predicted molar refractivity (Wildman–Crippen MR) is 131 cm³/mol. The van der Waals surface area contributed by atoms with Crippen molar-refractivity contribution in [1.29, 1.82) is 0 Å². The fourth-order valence-corrected chi connectivity index (χ4v) is 5.27. The molecule has 0 aromatic heterocycles. The molecule has 2 fully saturated rings. The Morgan fingerprint density at radius 1 is 0.949 bits per heavy atom. The monoisotopic (exact) mass is 560 g/mol. The first-order valence-corrected chi connectivity index (χ1v) is 13.3. The first kappa shape index (κ1) is 29.5. The van der Waals surface area contributed by atoms with Crippen LogP contribution in [0, 0.1) is 41.2 Å². The lowest BCUT2D eigenvalue weighted by Crippen LogP contribution is -2.42. The standard InChI is InChI=1S/C29H31F7O3/c1-2-3-4-5-18-16-37-27(38-17-18)19-6-8-21(9-7-19)29(35,36)39-22-10-11-23-20(14-22)15-25(30)24(26(23)31)12-13-28(32,33)34/h10-11,14-15,18-19,21,27H,2-9,16-17H2,1H3. The van der Waals surface area contributed by atoms with E-state index in [4.69, 9.17) is 14.2 Å². The van der Waals surface area contributed by atoms with Crippen molar-refractivity contribution in [2.75, 3.05) is 13.2 Å². The van der Waals surface area contributed by atoms with Crippen LogP contribution in [0.25, 0.3) is 10.8 Å². The Morgan fingerprint density at radius 3 is 2.28 bits per heavy atom. The summed E-state index contributed by atoms with van der Waals surface area (Å²) in [4.78, 5) is 0. The Balaban J connectivity index is 1.35. The van der Waals surface area contributed by atoms with E-state index in [2.05, 4.69) is 6.92 Å². The molecule has 1 aliphatic carbocycles. The number of benzene rings is 2. The molecule has 39 heavy (non-hydrogen) atoms. The van der Waals surface area contributed by atoms with Crippen LogP contribution in [0.3, 0.4) is 0 Å². The second-order valence-corrected chi connectivity index (χ2v) is 10.4. The molecule has 1 saturated carbocycles. The van der Waals surface area contributed by atoms with Crippen molar-refractivity contribution in [3.63, 3.8) is 0 Å². The van der Waals surface area contributed by atoms with E-state index in [1.165, 1.54) is 12.3 Å². The molecule has 214 valence electrons. The van der Waals surface area contributed by atoms with Crippen LogP contribution in [-0.2, 0) is 9.47 Å². The molecule has 3 nitrogen and oxygen atoms in total. The Hall–Kier alpha value is -2.51. The molecular weight excluding hydrogens is 529 g/mol. The molecule has 0 unspecified atom stereocenters. The molecule has 4 rings (SSSR count). The van der Waals surface area contributed by atoms with E-state index in [0.717, 1.165) is 49.4 Å². The van der Waals surface area contributed by atoms with Gasteiger partial charge in [0.1, 0.15) is 17.4 Å². The molecule has 0 spiro atoms. The van der Waals surface area contributed by atoms with E-state index in [1.807, 2.05) is 0 Å². The molecule has 1 saturated heterocycles. The van der Waals surface area contributed by atoms with Gasteiger partial charge in [0.25, 0.3) is 0 Å².